The second kappa shape index (κ2) is 7.69. The lowest BCUT2D eigenvalue weighted by molar-refractivity contribution is -0.389. The zero-order valence-electron chi connectivity index (χ0n) is 15.0. The van der Waals surface area contributed by atoms with E-state index in [4.69, 9.17) is 4.42 Å². The van der Waals surface area contributed by atoms with Crippen molar-refractivity contribution in [2.75, 3.05) is 26.2 Å². The summed E-state index contributed by atoms with van der Waals surface area (Å²) in [4.78, 5) is 27.4. The Bertz CT molecular complexity index is 762. The zero-order chi connectivity index (χ0) is 18.7. The van der Waals surface area contributed by atoms with Crippen molar-refractivity contribution in [1.82, 2.24) is 19.6 Å². The van der Waals surface area contributed by atoms with Gasteiger partial charge in [0, 0.05) is 26.2 Å². The Morgan fingerprint density at radius 1 is 1.38 bits per heavy atom. The highest BCUT2D eigenvalue weighted by atomic mass is 16.6. The number of carbonyl (C=O) groups is 1. The van der Waals surface area contributed by atoms with Crippen LogP contribution >= 0.6 is 0 Å². The summed E-state index contributed by atoms with van der Waals surface area (Å²) >= 11 is 0. The van der Waals surface area contributed by atoms with Crippen LogP contribution in [0, 0.1) is 17.0 Å². The van der Waals surface area contributed by atoms with Gasteiger partial charge in [0.1, 0.15) is 5.76 Å². The van der Waals surface area contributed by atoms with Crippen molar-refractivity contribution in [1.29, 1.82) is 0 Å². The number of amides is 1. The molecule has 26 heavy (non-hydrogen) atoms. The average molecular weight is 361 g/mol. The van der Waals surface area contributed by atoms with Crippen LogP contribution < -0.4 is 0 Å². The molecule has 1 aliphatic rings. The first-order valence-corrected chi connectivity index (χ1v) is 8.73. The molecule has 0 N–H and O–H groups in total. The second-order valence-electron chi connectivity index (χ2n) is 6.45. The summed E-state index contributed by atoms with van der Waals surface area (Å²) in [7, 11) is 0. The Hall–Kier alpha value is -2.68. The summed E-state index contributed by atoms with van der Waals surface area (Å²) in [6, 6.07) is 4.70. The van der Waals surface area contributed by atoms with Crippen LogP contribution in [0.2, 0.25) is 0 Å². The number of nitrogens with zero attached hydrogens (tertiary/aromatic N) is 5. The number of hydrogen-bond acceptors (Lipinski definition) is 6. The molecule has 0 radical (unpaired) electrons. The fourth-order valence-corrected chi connectivity index (χ4v) is 3.29. The third-order valence-corrected chi connectivity index (χ3v) is 4.71. The van der Waals surface area contributed by atoms with E-state index in [0.29, 0.717) is 25.2 Å². The van der Waals surface area contributed by atoms with Gasteiger partial charge < -0.3 is 19.4 Å². The molecular formula is C17H23N5O4. The van der Waals surface area contributed by atoms with E-state index in [9.17, 15) is 14.9 Å². The third-order valence-electron chi connectivity index (χ3n) is 4.71. The smallest absolute Gasteiger partial charge is 0.390 e. The molecule has 1 fully saturated rings. The molecule has 0 saturated carbocycles. The van der Waals surface area contributed by atoms with Crippen LogP contribution in [0.3, 0.4) is 0 Å². The Morgan fingerprint density at radius 3 is 2.65 bits per heavy atom. The fourth-order valence-electron chi connectivity index (χ4n) is 3.29. The minimum Gasteiger partial charge on any atom is -0.468 e. The van der Waals surface area contributed by atoms with E-state index in [1.807, 2.05) is 24.0 Å². The van der Waals surface area contributed by atoms with Crippen LogP contribution in [0.15, 0.2) is 28.9 Å². The van der Waals surface area contributed by atoms with Gasteiger partial charge in [-0.25, -0.2) is 0 Å². The summed E-state index contributed by atoms with van der Waals surface area (Å²) in [5.74, 6) is 0.652. The monoisotopic (exact) mass is 361 g/mol. The van der Waals surface area contributed by atoms with Crippen molar-refractivity contribution in [2.45, 2.75) is 32.9 Å². The largest absolute Gasteiger partial charge is 0.468 e. The molecule has 2 aromatic rings. The van der Waals surface area contributed by atoms with Gasteiger partial charge in [-0.05, 0) is 30.4 Å². The maximum Gasteiger partial charge on any atom is 0.390 e. The topological polar surface area (TPSA) is 97.7 Å². The number of aromatic nitrogens is 2. The lowest BCUT2D eigenvalue weighted by Gasteiger charge is -2.35. The van der Waals surface area contributed by atoms with E-state index in [1.54, 1.807) is 13.2 Å². The first kappa shape index (κ1) is 18.1. The van der Waals surface area contributed by atoms with Crippen molar-refractivity contribution in [3.8, 4) is 0 Å². The quantitative estimate of drug-likeness (QED) is 0.576. The van der Waals surface area contributed by atoms with Gasteiger partial charge in [-0.3, -0.25) is 9.69 Å². The van der Waals surface area contributed by atoms with Gasteiger partial charge in [-0.1, -0.05) is 6.92 Å². The summed E-state index contributed by atoms with van der Waals surface area (Å²) in [5, 5.41) is 14.9. The summed E-state index contributed by atoms with van der Waals surface area (Å²) < 4.78 is 6.85. The molecule has 0 aliphatic carbocycles. The molecule has 0 aromatic carbocycles. The van der Waals surface area contributed by atoms with E-state index in [2.05, 4.69) is 10.00 Å². The Balaban J connectivity index is 1.63. The first-order valence-electron chi connectivity index (χ1n) is 8.73. The number of piperazine rings is 1. The van der Waals surface area contributed by atoms with Crippen LogP contribution in [0.4, 0.5) is 5.82 Å². The van der Waals surface area contributed by atoms with Crippen LogP contribution in [0.1, 0.15) is 30.8 Å². The molecule has 9 heteroatoms. The minimum absolute atomic E-state index is 0.0359. The Labute approximate surface area is 151 Å². The molecule has 3 heterocycles. The van der Waals surface area contributed by atoms with Crippen LogP contribution in [-0.2, 0) is 11.3 Å². The molecule has 1 aliphatic heterocycles. The molecule has 1 saturated heterocycles. The van der Waals surface area contributed by atoms with Crippen molar-refractivity contribution < 1.29 is 14.1 Å². The average Bonchev–Trinajstić information content (AvgIpc) is 3.26. The van der Waals surface area contributed by atoms with Gasteiger partial charge in [-0.2, -0.15) is 4.68 Å². The standard InChI is InChI=1S/C17H23N5O4/c1-3-15(21-13(2)11-16(18-21)22(24)25)17(23)20-8-6-19(7-9-20)12-14-5-4-10-26-14/h4-5,10-11,15H,3,6-9,12H2,1-2H3. The molecule has 0 spiro atoms. The van der Waals surface area contributed by atoms with E-state index < -0.39 is 11.0 Å². The first-order chi connectivity index (χ1) is 12.5. The fraction of sp³-hybridized carbons (Fsp3) is 0.529. The summed E-state index contributed by atoms with van der Waals surface area (Å²) in [6.07, 6.45) is 2.19. The lowest BCUT2D eigenvalue weighted by Crippen LogP contribution is -2.50. The SMILES string of the molecule is CCC(C(=O)N1CCN(Cc2ccco2)CC1)n1nc([N+](=O)[O-])cc1C. The third kappa shape index (κ3) is 3.77. The number of carbonyl (C=O) groups excluding carboxylic acids is 1. The highest BCUT2D eigenvalue weighted by Crippen LogP contribution is 2.21. The molecule has 1 unspecified atom stereocenters. The van der Waals surface area contributed by atoms with Crippen molar-refractivity contribution in [2.24, 2.45) is 0 Å². The summed E-state index contributed by atoms with van der Waals surface area (Å²) in [5.41, 5.74) is 0.619. The predicted octanol–water partition coefficient (Wildman–Crippen LogP) is 1.99. The number of nitro groups is 1. The van der Waals surface area contributed by atoms with Crippen LogP contribution in [-0.4, -0.2) is 56.6 Å². The maximum absolute atomic E-state index is 12.9. The molecule has 1 amide bonds. The van der Waals surface area contributed by atoms with Gasteiger partial charge in [0.2, 0.25) is 5.91 Å². The van der Waals surface area contributed by atoms with Crippen molar-refractivity contribution in [3.63, 3.8) is 0 Å². The van der Waals surface area contributed by atoms with Crippen molar-refractivity contribution in [3.05, 3.63) is 46.0 Å². The number of rotatable bonds is 6. The van der Waals surface area contributed by atoms with Gasteiger partial charge in [-0.15, -0.1) is 0 Å². The van der Waals surface area contributed by atoms with Gasteiger partial charge in [0.05, 0.1) is 29.7 Å². The number of furan rings is 1. The molecule has 140 valence electrons. The minimum atomic E-state index is -0.534. The van der Waals surface area contributed by atoms with Crippen LogP contribution in [0.25, 0.3) is 0 Å². The number of hydrogen-bond donors (Lipinski definition) is 0. The van der Waals surface area contributed by atoms with E-state index in [-0.39, 0.29) is 11.7 Å². The highest BCUT2D eigenvalue weighted by molar-refractivity contribution is 5.80. The predicted molar refractivity (Wildman–Crippen MR) is 93.5 cm³/mol. The number of aryl methyl sites for hydroxylation is 1. The van der Waals surface area contributed by atoms with E-state index >= 15 is 0 Å². The molecular weight excluding hydrogens is 338 g/mol. The van der Waals surface area contributed by atoms with Crippen LogP contribution in [0.5, 0.6) is 0 Å². The molecule has 0 bridgehead atoms. The maximum atomic E-state index is 12.9. The Morgan fingerprint density at radius 2 is 2.12 bits per heavy atom. The Kier molecular flexibility index (Phi) is 5.36. The highest BCUT2D eigenvalue weighted by Gasteiger charge is 2.32. The molecule has 9 nitrogen and oxygen atoms in total. The van der Waals surface area contributed by atoms with Gasteiger partial charge in [0.15, 0.2) is 6.04 Å². The van der Waals surface area contributed by atoms with Crippen molar-refractivity contribution >= 4 is 11.7 Å². The molecule has 2 aromatic heterocycles. The zero-order valence-corrected chi connectivity index (χ0v) is 15.0. The summed E-state index contributed by atoms with van der Waals surface area (Å²) in [6.45, 7) is 7.13. The molecule has 3 rings (SSSR count). The van der Waals surface area contributed by atoms with E-state index in [0.717, 1.165) is 25.4 Å². The molecule has 1 atom stereocenters. The van der Waals surface area contributed by atoms with Gasteiger partial charge >= 0.3 is 5.82 Å². The van der Waals surface area contributed by atoms with E-state index in [1.165, 1.54) is 10.7 Å². The lowest BCUT2D eigenvalue weighted by atomic mass is 10.1. The second-order valence-corrected chi connectivity index (χ2v) is 6.45. The van der Waals surface area contributed by atoms with Gasteiger partial charge in [0.25, 0.3) is 0 Å². The normalized spacial score (nSPS) is 16.6.